The van der Waals surface area contributed by atoms with Crippen LogP contribution in [-0.2, 0) is 14.6 Å². The van der Waals surface area contributed by atoms with Gasteiger partial charge in [0.05, 0.1) is 15.6 Å². The van der Waals surface area contributed by atoms with E-state index in [9.17, 15) is 22.8 Å². The Morgan fingerprint density at radius 3 is 2.14 bits per heavy atom. The second-order valence-electron chi connectivity index (χ2n) is 5.88. The summed E-state index contributed by atoms with van der Waals surface area (Å²) in [6.45, 7) is 0. The molecular weight excluding hydrogens is 468 g/mol. The van der Waals surface area contributed by atoms with E-state index in [4.69, 9.17) is 34.8 Å². The zero-order valence-corrected chi connectivity index (χ0v) is 17.9. The Bertz CT molecular complexity index is 1190. The van der Waals surface area contributed by atoms with Gasteiger partial charge in [-0.1, -0.05) is 65.1 Å². The summed E-state index contributed by atoms with van der Waals surface area (Å²) in [5.41, 5.74) is -0.0424. The van der Waals surface area contributed by atoms with Crippen LogP contribution in [0.15, 0.2) is 59.5 Å². The van der Waals surface area contributed by atoms with Crippen LogP contribution in [0.3, 0.4) is 0 Å². The molecule has 0 atom stereocenters. The third kappa shape index (κ3) is 4.47. The number of halogens is 3. The lowest BCUT2D eigenvalue weighted by Crippen LogP contribution is -2.32. The summed E-state index contributed by atoms with van der Waals surface area (Å²) in [6.07, 6.45) is -1.10. The first-order chi connectivity index (χ1) is 13.0. The maximum absolute atomic E-state index is 13.3. The highest BCUT2D eigenvalue weighted by Crippen LogP contribution is 2.44. The van der Waals surface area contributed by atoms with Crippen molar-refractivity contribution in [3.8, 4) is 0 Å². The third-order valence-corrected chi connectivity index (χ3v) is 7.14. The first-order valence-electron chi connectivity index (χ1n) is 7.70. The van der Waals surface area contributed by atoms with Gasteiger partial charge >= 0.3 is 7.60 Å². The van der Waals surface area contributed by atoms with Crippen molar-refractivity contribution < 1.29 is 22.8 Å². The van der Waals surface area contributed by atoms with Crippen LogP contribution in [0.1, 0.15) is 0 Å². The maximum atomic E-state index is 13.3. The fraction of sp³-hybridized carbons (Fsp3) is 0.0588. The molecule has 148 valence electrons. The van der Waals surface area contributed by atoms with E-state index in [0.29, 0.717) is 15.1 Å². The van der Waals surface area contributed by atoms with Gasteiger partial charge in [0.15, 0.2) is 0 Å². The molecule has 0 unspecified atom stereocenters. The van der Waals surface area contributed by atoms with Crippen molar-refractivity contribution >= 4 is 68.9 Å². The monoisotopic (exact) mass is 479 g/mol. The van der Waals surface area contributed by atoms with Gasteiger partial charge in [0, 0.05) is 15.4 Å². The Hall–Kier alpha value is -1.31. The number of fused-ring (bicyclic) bond motifs is 1. The SMILES string of the molecule is O=P(O)(O)CN(c1c(Cl)ccc2ccccc12)S(=O)(=O)c1cc(Cl)cc(Cl)c1. The van der Waals surface area contributed by atoms with Crippen molar-refractivity contribution in [1.29, 1.82) is 0 Å². The molecule has 0 radical (unpaired) electrons. The van der Waals surface area contributed by atoms with Crippen molar-refractivity contribution in [2.45, 2.75) is 4.90 Å². The van der Waals surface area contributed by atoms with E-state index in [1.54, 1.807) is 30.3 Å². The minimum atomic E-state index is -4.80. The predicted molar refractivity (Wildman–Crippen MR) is 112 cm³/mol. The largest absolute Gasteiger partial charge is 0.345 e. The van der Waals surface area contributed by atoms with E-state index in [1.807, 2.05) is 0 Å². The molecule has 0 saturated heterocycles. The highest BCUT2D eigenvalue weighted by molar-refractivity contribution is 7.93. The average molecular weight is 481 g/mol. The van der Waals surface area contributed by atoms with Gasteiger partial charge in [0.2, 0.25) is 0 Å². The van der Waals surface area contributed by atoms with Crippen molar-refractivity contribution in [3.05, 3.63) is 69.7 Å². The summed E-state index contributed by atoms with van der Waals surface area (Å²) in [7, 11) is -9.26. The van der Waals surface area contributed by atoms with Crippen molar-refractivity contribution in [2.75, 3.05) is 10.6 Å². The normalized spacial score (nSPS) is 12.3. The minimum absolute atomic E-state index is 0.0175. The zero-order chi connectivity index (χ0) is 20.7. The van der Waals surface area contributed by atoms with E-state index in [2.05, 4.69) is 0 Å². The zero-order valence-electron chi connectivity index (χ0n) is 14.0. The van der Waals surface area contributed by atoms with Crippen LogP contribution in [0, 0.1) is 0 Å². The number of benzene rings is 3. The van der Waals surface area contributed by atoms with Crippen LogP contribution in [0.2, 0.25) is 15.1 Å². The van der Waals surface area contributed by atoms with Crippen LogP contribution in [0.25, 0.3) is 10.8 Å². The molecule has 3 aromatic rings. The van der Waals surface area contributed by atoms with Crippen LogP contribution in [-0.4, -0.2) is 24.5 Å². The lowest BCUT2D eigenvalue weighted by Gasteiger charge is -2.27. The summed E-state index contributed by atoms with van der Waals surface area (Å²) in [4.78, 5) is 18.8. The molecule has 0 fully saturated rings. The summed E-state index contributed by atoms with van der Waals surface area (Å²) < 4.78 is 39.0. The number of anilines is 1. The summed E-state index contributed by atoms with van der Waals surface area (Å²) in [5, 5.41) is 1.21. The van der Waals surface area contributed by atoms with Gasteiger partial charge in [0.25, 0.3) is 10.0 Å². The molecule has 0 aliphatic heterocycles. The molecule has 0 heterocycles. The average Bonchev–Trinajstić information content (AvgIpc) is 2.58. The molecule has 6 nitrogen and oxygen atoms in total. The topological polar surface area (TPSA) is 94.9 Å². The van der Waals surface area contributed by atoms with Gasteiger partial charge in [-0.25, -0.2) is 8.42 Å². The minimum Gasteiger partial charge on any atom is -0.323 e. The van der Waals surface area contributed by atoms with E-state index < -0.39 is 23.9 Å². The lowest BCUT2D eigenvalue weighted by molar-refractivity contribution is 0.373. The molecule has 3 rings (SSSR count). The number of nitrogens with zero attached hydrogens (tertiary/aromatic N) is 1. The van der Waals surface area contributed by atoms with E-state index >= 15 is 0 Å². The van der Waals surface area contributed by atoms with Crippen LogP contribution in [0.4, 0.5) is 5.69 Å². The fourth-order valence-electron chi connectivity index (χ4n) is 2.72. The van der Waals surface area contributed by atoms with E-state index in [1.165, 1.54) is 12.1 Å². The Labute approximate surface area is 176 Å². The molecule has 0 saturated carbocycles. The van der Waals surface area contributed by atoms with Crippen LogP contribution < -0.4 is 4.31 Å². The van der Waals surface area contributed by atoms with Crippen molar-refractivity contribution in [1.82, 2.24) is 0 Å². The Kier molecular flexibility index (Phi) is 5.99. The molecule has 3 aromatic carbocycles. The number of sulfonamides is 1. The van der Waals surface area contributed by atoms with Gasteiger partial charge < -0.3 is 9.79 Å². The smallest absolute Gasteiger partial charge is 0.323 e. The summed E-state index contributed by atoms with van der Waals surface area (Å²) in [6, 6.07) is 13.5. The number of hydrogen-bond acceptors (Lipinski definition) is 3. The van der Waals surface area contributed by atoms with Gasteiger partial charge in [0.1, 0.15) is 6.29 Å². The lowest BCUT2D eigenvalue weighted by atomic mass is 10.1. The van der Waals surface area contributed by atoms with Crippen molar-refractivity contribution in [2.24, 2.45) is 0 Å². The molecular formula is C17H13Cl3NO5PS. The number of hydrogen-bond donors (Lipinski definition) is 2. The van der Waals surface area contributed by atoms with Gasteiger partial charge in [-0.15, -0.1) is 0 Å². The fourth-order valence-corrected chi connectivity index (χ4v) is 6.47. The molecule has 28 heavy (non-hydrogen) atoms. The van der Waals surface area contributed by atoms with Crippen LogP contribution >= 0.6 is 42.4 Å². The van der Waals surface area contributed by atoms with E-state index in [-0.39, 0.29) is 25.7 Å². The molecule has 0 amide bonds. The highest BCUT2D eigenvalue weighted by Gasteiger charge is 2.34. The van der Waals surface area contributed by atoms with Gasteiger partial charge in [-0.3, -0.25) is 8.87 Å². The molecule has 0 bridgehead atoms. The van der Waals surface area contributed by atoms with Crippen LogP contribution in [0.5, 0.6) is 0 Å². The molecule has 0 spiro atoms. The van der Waals surface area contributed by atoms with Gasteiger partial charge in [-0.2, -0.15) is 0 Å². The maximum Gasteiger partial charge on any atom is 0.345 e. The second kappa shape index (κ2) is 7.84. The summed E-state index contributed by atoms with van der Waals surface area (Å²) in [5.74, 6) is 0. The molecule has 2 N–H and O–H groups in total. The van der Waals surface area contributed by atoms with Gasteiger partial charge in [-0.05, 0) is 29.7 Å². The van der Waals surface area contributed by atoms with Crippen molar-refractivity contribution in [3.63, 3.8) is 0 Å². The molecule has 0 aromatic heterocycles. The Morgan fingerprint density at radius 2 is 1.54 bits per heavy atom. The van der Waals surface area contributed by atoms with E-state index in [0.717, 1.165) is 12.1 Å². The molecule has 0 aliphatic carbocycles. The Morgan fingerprint density at radius 1 is 0.929 bits per heavy atom. The first kappa shape index (κ1) is 21.4. The molecule has 0 aliphatic rings. The highest BCUT2D eigenvalue weighted by atomic mass is 35.5. The summed E-state index contributed by atoms with van der Waals surface area (Å²) >= 11 is 18.1. The first-order valence-corrected chi connectivity index (χ1v) is 12.1. The quantitative estimate of drug-likeness (QED) is 0.494. The second-order valence-corrected chi connectivity index (χ2v) is 10.6. The molecule has 11 heteroatoms. The Balaban J connectivity index is 2.32. The standard InChI is InChI=1S/C17H13Cl3NO5PS/c18-12-7-13(19)9-14(8-12)28(25,26)21(10-27(22,23)24)17-15-4-2-1-3-11(15)5-6-16(17)20/h1-9H,10H2,(H2,22,23,24). The third-order valence-electron chi connectivity index (χ3n) is 3.84. The predicted octanol–water partition coefficient (Wildman–Crippen LogP) is 5.13. The number of rotatable bonds is 5.